The number of benzene rings is 1. The molecule has 0 bridgehead atoms. The van der Waals surface area contributed by atoms with Gasteiger partial charge in [-0.25, -0.2) is 9.59 Å². The van der Waals surface area contributed by atoms with Crippen molar-refractivity contribution in [3.05, 3.63) is 54.1 Å². The van der Waals surface area contributed by atoms with Gasteiger partial charge in [-0.05, 0) is 55.7 Å². The molecule has 24 nitrogen and oxygen atoms in total. The second-order valence-electron chi connectivity index (χ2n) is 15.6. The van der Waals surface area contributed by atoms with Crippen LogP contribution in [0.4, 0.5) is 0 Å². The number of aliphatic hydroxyl groups excluding tert-OH is 3. The number of carboxylic acids is 2. The number of carbonyl (C=O) groups is 10. The summed E-state index contributed by atoms with van der Waals surface area (Å²) in [6.45, 7) is 7.00. The summed E-state index contributed by atoms with van der Waals surface area (Å²) in [7, 11) is 0. The molecule has 0 fully saturated rings. The second-order valence-corrected chi connectivity index (χ2v) is 15.6. The molecule has 65 heavy (non-hydrogen) atoms. The van der Waals surface area contributed by atoms with Crippen molar-refractivity contribution in [2.45, 2.75) is 109 Å². The second kappa shape index (κ2) is 28.0. The fourth-order valence-electron chi connectivity index (χ4n) is 5.53. The molecule has 360 valence electrons. The summed E-state index contributed by atoms with van der Waals surface area (Å²) in [5.74, 6) is -13.1. The summed E-state index contributed by atoms with van der Waals surface area (Å²) in [5, 5.41) is 74.4. The van der Waals surface area contributed by atoms with Crippen molar-refractivity contribution in [1.82, 2.24) is 37.2 Å². The van der Waals surface area contributed by atoms with Crippen LogP contribution in [0.25, 0.3) is 0 Å². The van der Waals surface area contributed by atoms with Crippen molar-refractivity contribution in [3.63, 3.8) is 0 Å². The molecule has 15 N–H and O–H groups in total. The Kier molecular flexibility index (Phi) is 24.2. The van der Waals surface area contributed by atoms with Gasteiger partial charge in [0.2, 0.25) is 47.3 Å². The van der Waals surface area contributed by atoms with Gasteiger partial charge in [-0.15, -0.1) is 0 Å². The van der Waals surface area contributed by atoms with Gasteiger partial charge in [-0.3, -0.25) is 38.4 Å². The fourth-order valence-corrected chi connectivity index (χ4v) is 5.53. The smallest absolute Gasteiger partial charge is 0.335 e. The number of nitrogens with one attached hydrogen (secondary N) is 7. The van der Waals surface area contributed by atoms with Crippen LogP contribution in [-0.2, 0) is 54.4 Å². The minimum atomic E-state index is -2.64. The first-order chi connectivity index (χ1) is 30.3. The number of carboxylic acid groups (broad SMARTS) is 2. The van der Waals surface area contributed by atoms with E-state index < -0.39 is 127 Å². The first kappa shape index (κ1) is 56.1. The SMILES string of the molecule is CC(C)CCC=CC=CC(=O)NCC(=O)NCC(=O)NC(C(=O)NC(Cc1ccc(O)cc1)C(=O)NC(C(=O)NC(CC(C)C)C(=O)NC(C(N)=O)C(O)C(=O)O)C(C)O)C(O)C(=O)O. The summed E-state index contributed by atoms with van der Waals surface area (Å²) in [6, 6.07) is -4.64. The zero-order chi connectivity index (χ0) is 49.6. The largest absolute Gasteiger partial charge is 0.508 e. The molecule has 0 radical (unpaired) electrons. The molecule has 0 aromatic heterocycles. The number of amides is 8. The molecule has 1 rings (SSSR count). The molecule has 24 heteroatoms. The normalized spacial score (nSPS) is 15.0. The number of aliphatic carboxylic acids is 2. The lowest BCUT2D eigenvalue weighted by molar-refractivity contribution is -0.152. The first-order valence-corrected chi connectivity index (χ1v) is 20.3. The van der Waals surface area contributed by atoms with Gasteiger partial charge in [0.05, 0.1) is 19.2 Å². The lowest BCUT2D eigenvalue weighted by Crippen LogP contribution is -2.63. The van der Waals surface area contributed by atoms with E-state index in [1.54, 1.807) is 19.9 Å². The number of aromatic hydroxyl groups is 1. The highest BCUT2D eigenvalue weighted by atomic mass is 16.4. The molecule has 0 aliphatic rings. The van der Waals surface area contributed by atoms with Crippen LogP contribution in [0.15, 0.2) is 48.6 Å². The molecule has 0 heterocycles. The average molecular weight is 921 g/mol. The van der Waals surface area contributed by atoms with Crippen molar-refractivity contribution in [2.75, 3.05) is 13.1 Å². The number of hydrogen-bond donors (Lipinski definition) is 14. The predicted octanol–water partition coefficient (Wildman–Crippen LogP) is -4.06. The molecule has 0 saturated carbocycles. The maximum Gasteiger partial charge on any atom is 0.335 e. The zero-order valence-corrected chi connectivity index (χ0v) is 36.5. The third kappa shape index (κ3) is 21.3. The number of aliphatic hydroxyl groups is 3. The zero-order valence-electron chi connectivity index (χ0n) is 36.5. The molecule has 0 aliphatic carbocycles. The number of allylic oxidation sites excluding steroid dienone is 3. The molecular formula is C41H60N8O16. The van der Waals surface area contributed by atoms with Gasteiger partial charge in [-0.1, -0.05) is 58.1 Å². The first-order valence-electron chi connectivity index (χ1n) is 20.3. The van der Waals surface area contributed by atoms with Gasteiger partial charge in [0.15, 0.2) is 12.2 Å². The van der Waals surface area contributed by atoms with Crippen LogP contribution in [0, 0.1) is 11.8 Å². The highest BCUT2D eigenvalue weighted by Gasteiger charge is 2.39. The van der Waals surface area contributed by atoms with E-state index in [1.165, 1.54) is 36.4 Å². The minimum Gasteiger partial charge on any atom is -0.508 e. The summed E-state index contributed by atoms with van der Waals surface area (Å²) >= 11 is 0. The third-order valence-corrected chi connectivity index (χ3v) is 9.03. The summed E-state index contributed by atoms with van der Waals surface area (Å²) in [4.78, 5) is 126. The van der Waals surface area contributed by atoms with E-state index >= 15 is 0 Å². The van der Waals surface area contributed by atoms with Crippen LogP contribution in [0.1, 0.15) is 59.4 Å². The van der Waals surface area contributed by atoms with Crippen LogP contribution in [-0.4, -0.2) is 151 Å². The van der Waals surface area contributed by atoms with Crippen LogP contribution < -0.4 is 43.0 Å². The van der Waals surface area contributed by atoms with Crippen LogP contribution in [0.5, 0.6) is 5.75 Å². The molecule has 1 aromatic carbocycles. The maximum atomic E-state index is 13.9. The molecule has 8 unspecified atom stereocenters. The number of primary amides is 1. The Balaban J connectivity index is 3.27. The Bertz CT molecular complexity index is 1900. The van der Waals surface area contributed by atoms with Crippen LogP contribution >= 0.6 is 0 Å². The Morgan fingerprint density at radius 2 is 1.14 bits per heavy atom. The topological polar surface area (TPSA) is 402 Å². The summed E-state index contributed by atoms with van der Waals surface area (Å²) in [5.41, 5.74) is 5.41. The Hall–Kier alpha value is -6.92. The number of hydrogen-bond acceptors (Lipinski definition) is 14. The van der Waals surface area contributed by atoms with Crippen molar-refractivity contribution in [1.29, 1.82) is 0 Å². The van der Waals surface area contributed by atoms with Gasteiger partial charge in [0, 0.05) is 12.5 Å². The highest BCUT2D eigenvalue weighted by Crippen LogP contribution is 2.13. The van der Waals surface area contributed by atoms with Gasteiger partial charge >= 0.3 is 11.9 Å². The van der Waals surface area contributed by atoms with Gasteiger partial charge in [-0.2, -0.15) is 0 Å². The summed E-state index contributed by atoms with van der Waals surface area (Å²) in [6.07, 6.45) is 0.488. The van der Waals surface area contributed by atoms with E-state index in [0.717, 1.165) is 19.8 Å². The van der Waals surface area contributed by atoms with Crippen molar-refractivity contribution in [2.24, 2.45) is 17.6 Å². The molecule has 8 atom stereocenters. The molecular weight excluding hydrogens is 860 g/mol. The highest BCUT2D eigenvalue weighted by molar-refractivity contribution is 5.99. The fraction of sp³-hybridized carbons (Fsp3) is 0.512. The molecule has 8 amide bonds. The van der Waals surface area contributed by atoms with Crippen molar-refractivity contribution >= 4 is 59.2 Å². The lowest BCUT2D eigenvalue weighted by atomic mass is 10.0. The maximum absolute atomic E-state index is 13.9. The van der Waals surface area contributed by atoms with Gasteiger partial charge in [0.25, 0.3) is 0 Å². The lowest BCUT2D eigenvalue weighted by Gasteiger charge is -2.29. The number of phenols is 1. The van der Waals surface area contributed by atoms with E-state index in [4.69, 9.17) is 10.8 Å². The average Bonchev–Trinajstić information content (AvgIpc) is 3.22. The number of rotatable bonds is 28. The van der Waals surface area contributed by atoms with Gasteiger partial charge in [0.1, 0.15) is 36.0 Å². The van der Waals surface area contributed by atoms with E-state index in [2.05, 4.69) is 40.4 Å². The Morgan fingerprint density at radius 3 is 1.68 bits per heavy atom. The molecule has 1 aromatic rings. The standard InChI is InChI=1S/C41H60N8O16/c1-20(2)10-8-6-7-9-11-27(52)43-18-28(53)44-19-29(54)47-32(34(56)41(64)65)39(61)46-26(17-23-12-14-24(51)15-13-23)37(59)48-30(22(5)50)38(60)45-25(16-21(3)4)36(58)49-31(35(42)57)33(55)40(62)63/h6-7,9,11-15,20-22,25-26,30-34,50-51,55-56H,8,10,16-19H2,1-5H3,(H2,42,57)(H,43,52)(H,44,53)(H,45,60)(H,46,61)(H,47,54)(H,48,59)(H,49,58)(H,62,63)(H,64,65). The Morgan fingerprint density at radius 1 is 0.615 bits per heavy atom. The van der Waals surface area contributed by atoms with Crippen molar-refractivity contribution < 1.29 is 78.6 Å². The minimum absolute atomic E-state index is 0.167. The number of nitrogens with two attached hydrogens (primary N) is 1. The molecule has 0 spiro atoms. The van der Waals surface area contributed by atoms with E-state index in [9.17, 15) is 73.5 Å². The monoisotopic (exact) mass is 920 g/mol. The Labute approximate surface area is 373 Å². The van der Waals surface area contributed by atoms with Crippen LogP contribution in [0.3, 0.4) is 0 Å². The van der Waals surface area contributed by atoms with E-state index in [0.29, 0.717) is 5.92 Å². The molecule has 0 aliphatic heterocycles. The summed E-state index contributed by atoms with van der Waals surface area (Å²) < 4.78 is 0. The van der Waals surface area contributed by atoms with Crippen molar-refractivity contribution in [3.8, 4) is 5.75 Å². The quantitative estimate of drug-likeness (QED) is 0.0281. The number of phenolic OH excluding ortho intramolecular Hbond substituents is 1. The number of carbonyl (C=O) groups excluding carboxylic acids is 8. The van der Waals surface area contributed by atoms with E-state index in [-0.39, 0.29) is 23.7 Å². The van der Waals surface area contributed by atoms with Gasteiger partial charge < -0.3 is 73.6 Å². The predicted molar refractivity (Wildman–Crippen MR) is 227 cm³/mol. The molecule has 0 saturated heterocycles. The van der Waals surface area contributed by atoms with E-state index in [1.807, 2.05) is 16.7 Å². The third-order valence-electron chi connectivity index (χ3n) is 9.03. The van der Waals surface area contributed by atoms with Crippen LogP contribution in [0.2, 0.25) is 0 Å².